The van der Waals surface area contributed by atoms with Crippen LogP contribution in [0.2, 0.25) is 0 Å². The summed E-state index contributed by atoms with van der Waals surface area (Å²) in [5.41, 5.74) is 0.904. The lowest BCUT2D eigenvalue weighted by molar-refractivity contribution is -0.142. The normalized spacial score (nSPS) is 13.0. The zero-order chi connectivity index (χ0) is 23.6. The van der Waals surface area contributed by atoms with Crippen LogP contribution < -0.4 is 10.6 Å². The van der Waals surface area contributed by atoms with Gasteiger partial charge in [-0.05, 0) is 31.9 Å². The van der Waals surface area contributed by atoms with Crippen LogP contribution in [0, 0.1) is 0 Å². The van der Waals surface area contributed by atoms with Gasteiger partial charge in [-0.2, -0.15) is 0 Å². The van der Waals surface area contributed by atoms with Gasteiger partial charge in [0.15, 0.2) is 0 Å². The van der Waals surface area contributed by atoms with E-state index in [1.165, 1.54) is 0 Å². The zero-order valence-electron chi connectivity index (χ0n) is 18.5. The third-order valence-corrected chi connectivity index (χ3v) is 4.30. The Balaban J connectivity index is 2.05. The minimum atomic E-state index is -1.18. The van der Waals surface area contributed by atoms with Gasteiger partial charge in [0.05, 0.1) is 13.2 Å². The molecule has 2 aromatic carbocycles. The molecule has 2 amide bonds. The molecule has 172 valence electrons. The maximum Gasteiger partial charge on any atom is 0.408 e. The van der Waals surface area contributed by atoms with Crippen LogP contribution in [0.1, 0.15) is 31.9 Å². The Kier molecular flexibility index (Phi) is 9.22. The van der Waals surface area contributed by atoms with Crippen LogP contribution in [-0.4, -0.2) is 47.4 Å². The summed E-state index contributed by atoms with van der Waals surface area (Å²) >= 11 is 0. The van der Waals surface area contributed by atoms with Gasteiger partial charge in [0.25, 0.3) is 0 Å². The fourth-order valence-electron chi connectivity index (χ4n) is 2.82. The SMILES string of the molecule is CC(C)(C)OC(=O)N[C@@H](COCc1ccccc1)C(=O)N[C@@H](Cc1ccccc1)C(=O)O. The van der Waals surface area contributed by atoms with Crippen LogP contribution in [0.5, 0.6) is 0 Å². The summed E-state index contributed by atoms with van der Waals surface area (Å²) in [4.78, 5) is 36.8. The standard InChI is InChI=1S/C24H30N2O6/c1-24(2,3)32-23(30)26-20(16-31-15-18-12-8-5-9-13-18)21(27)25-19(22(28)29)14-17-10-6-4-7-11-17/h4-13,19-20H,14-16H2,1-3H3,(H,25,27)(H,26,30)(H,28,29)/t19-,20-/m0/s1. The topological polar surface area (TPSA) is 114 Å². The molecule has 3 N–H and O–H groups in total. The lowest BCUT2D eigenvalue weighted by atomic mass is 10.1. The van der Waals surface area contributed by atoms with E-state index in [-0.39, 0.29) is 19.6 Å². The summed E-state index contributed by atoms with van der Waals surface area (Å²) in [5, 5.41) is 14.5. The quantitative estimate of drug-likeness (QED) is 0.521. The first-order valence-corrected chi connectivity index (χ1v) is 10.3. The molecular formula is C24H30N2O6. The van der Waals surface area contributed by atoms with Crippen LogP contribution in [0.4, 0.5) is 4.79 Å². The van der Waals surface area contributed by atoms with Crippen LogP contribution in [0.3, 0.4) is 0 Å². The Morgan fingerprint density at radius 3 is 1.97 bits per heavy atom. The summed E-state index contributed by atoms with van der Waals surface area (Å²) in [5.74, 6) is -1.85. The van der Waals surface area contributed by atoms with E-state index in [0.717, 1.165) is 11.1 Å². The highest BCUT2D eigenvalue weighted by atomic mass is 16.6. The number of carbonyl (C=O) groups excluding carboxylic acids is 2. The largest absolute Gasteiger partial charge is 0.480 e. The second kappa shape index (κ2) is 11.9. The second-order valence-corrected chi connectivity index (χ2v) is 8.29. The fourth-order valence-corrected chi connectivity index (χ4v) is 2.82. The van der Waals surface area contributed by atoms with Crippen molar-refractivity contribution in [1.29, 1.82) is 0 Å². The third-order valence-electron chi connectivity index (χ3n) is 4.30. The van der Waals surface area contributed by atoms with E-state index in [4.69, 9.17) is 9.47 Å². The van der Waals surface area contributed by atoms with Crippen molar-refractivity contribution in [3.8, 4) is 0 Å². The number of benzene rings is 2. The summed E-state index contributed by atoms with van der Waals surface area (Å²) in [6.45, 7) is 5.18. The number of rotatable bonds is 10. The van der Waals surface area contributed by atoms with E-state index in [2.05, 4.69) is 10.6 Å². The van der Waals surface area contributed by atoms with Gasteiger partial charge in [0.1, 0.15) is 17.7 Å². The van der Waals surface area contributed by atoms with Crippen molar-refractivity contribution in [2.45, 2.75) is 51.5 Å². The van der Waals surface area contributed by atoms with Crippen molar-refractivity contribution in [3.05, 3.63) is 71.8 Å². The van der Waals surface area contributed by atoms with Crippen molar-refractivity contribution in [2.24, 2.45) is 0 Å². The molecule has 0 saturated heterocycles. The van der Waals surface area contributed by atoms with E-state index in [1.807, 2.05) is 36.4 Å². The zero-order valence-corrected chi connectivity index (χ0v) is 18.5. The first-order valence-electron chi connectivity index (χ1n) is 10.3. The predicted molar refractivity (Wildman–Crippen MR) is 119 cm³/mol. The van der Waals surface area contributed by atoms with Crippen molar-refractivity contribution in [2.75, 3.05) is 6.61 Å². The van der Waals surface area contributed by atoms with Crippen LogP contribution in [0.15, 0.2) is 60.7 Å². The second-order valence-electron chi connectivity index (χ2n) is 8.29. The Labute approximate surface area is 187 Å². The number of aliphatic carboxylic acids is 1. The number of carboxylic acids is 1. The van der Waals surface area contributed by atoms with E-state index in [0.29, 0.717) is 0 Å². The number of carboxylic acid groups (broad SMARTS) is 1. The molecular weight excluding hydrogens is 412 g/mol. The van der Waals surface area contributed by atoms with E-state index in [9.17, 15) is 19.5 Å². The molecule has 0 aromatic heterocycles. The van der Waals surface area contributed by atoms with Crippen LogP contribution in [0.25, 0.3) is 0 Å². The van der Waals surface area contributed by atoms with Crippen molar-refractivity contribution in [3.63, 3.8) is 0 Å². The van der Waals surface area contributed by atoms with E-state index in [1.54, 1.807) is 45.0 Å². The Hall–Kier alpha value is -3.39. The van der Waals surface area contributed by atoms with Crippen molar-refractivity contribution >= 4 is 18.0 Å². The van der Waals surface area contributed by atoms with Gasteiger partial charge in [-0.25, -0.2) is 9.59 Å². The molecule has 8 heteroatoms. The molecule has 0 radical (unpaired) electrons. The molecule has 0 bridgehead atoms. The minimum Gasteiger partial charge on any atom is -0.480 e. The van der Waals surface area contributed by atoms with Gasteiger partial charge in [-0.3, -0.25) is 4.79 Å². The number of nitrogens with one attached hydrogen (secondary N) is 2. The highest BCUT2D eigenvalue weighted by molar-refractivity contribution is 5.89. The minimum absolute atomic E-state index is 0.103. The first kappa shape index (κ1) is 24.9. The molecule has 0 aliphatic carbocycles. The third kappa shape index (κ3) is 9.18. The average Bonchev–Trinajstić information content (AvgIpc) is 2.72. The maximum absolute atomic E-state index is 12.9. The highest BCUT2D eigenvalue weighted by Crippen LogP contribution is 2.08. The number of carbonyl (C=O) groups is 3. The summed E-state index contributed by atoms with van der Waals surface area (Å²) < 4.78 is 10.8. The summed E-state index contributed by atoms with van der Waals surface area (Å²) in [6.07, 6.45) is -0.692. The molecule has 2 rings (SSSR count). The Morgan fingerprint density at radius 2 is 1.44 bits per heavy atom. The molecule has 2 atom stereocenters. The number of hydrogen-bond donors (Lipinski definition) is 3. The average molecular weight is 443 g/mol. The van der Waals surface area contributed by atoms with E-state index >= 15 is 0 Å². The molecule has 0 unspecified atom stereocenters. The molecule has 0 heterocycles. The lowest BCUT2D eigenvalue weighted by Gasteiger charge is -2.24. The van der Waals surface area contributed by atoms with Gasteiger partial charge < -0.3 is 25.2 Å². The molecule has 0 aliphatic heterocycles. The Morgan fingerprint density at radius 1 is 0.875 bits per heavy atom. The molecule has 0 spiro atoms. The number of amides is 2. The monoisotopic (exact) mass is 442 g/mol. The number of hydrogen-bond acceptors (Lipinski definition) is 5. The molecule has 0 aliphatic rings. The van der Waals surface area contributed by atoms with Crippen molar-refractivity contribution < 1.29 is 29.0 Å². The van der Waals surface area contributed by atoms with Crippen molar-refractivity contribution in [1.82, 2.24) is 10.6 Å². The summed E-state index contributed by atoms with van der Waals surface area (Å²) in [7, 11) is 0. The number of ether oxygens (including phenoxy) is 2. The van der Waals surface area contributed by atoms with E-state index < -0.39 is 35.7 Å². The van der Waals surface area contributed by atoms with Crippen LogP contribution in [-0.2, 0) is 32.1 Å². The molecule has 0 fully saturated rings. The van der Waals surface area contributed by atoms with Gasteiger partial charge >= 0.3 is 12.1 Å². The van der Waals surface area contributed by atoms with Gasteiger partial charge in [-0.1, -0.05) is 60.7 Å². The molecule has 2 aromatic rings. The highest BCUT2D eigenvalue weighted by Gasteiger charge is 2.28. The van der Waals surface area contributed by atoms with Gasteiger partial charge in [0, 0.05) is 6.42 Å². The van der Waals surface area contributed by atoms with Gasteiger partial charge in [-0.15, -0.1) is 0 Å². The predicted octanol–water partition coefficient (Wildman–Crippen LogP) is 2.91. The molecule has 0 saturated carbocycles. The number of alkyl carbamates (subject to hydrolysis) is 1. The lowest BCUT2D eigenvalue weighted by Crippen LogP contribution is -2.54. The van der Waals surface area contributed by atoms with Gasteiger partial charge in [0.2, 0.25) is 5.91 Å². The smallest absolute Gasteiger partial charge is 0.408 e. The Bertz CT molecular complexity index is 880. The fraction of sp³-hybridized carbons (Fsp3) is 0.375. The first-order chi connectivity index (χ1) is 15.1. The van der Waals surface area contributed by atoms with Crippen LogP contribution >= 0.6 is 0 Å². The summed E-state index contributed by atoms with van der Waals surface area (Å²) in [6, 6.07) is 16.0. The molecule has 8 nitrogen and oxygen atoms in total. The maximum atomic E-state index is 12.9. The molecule has 32 heavy (non-hydrogen) atoms.